The number of aryl methyl sites for hydroxylation is 2. The molecule has 0 aliphatic heterocycles. The molecule has 2 aromatic carbocycles. The van der Waals surface area contributed by atoms with Crippen molar-refractivity contribution < 1.29 is 14.3 Å². The Kier molecular flexibility index (Phi) is 4.68. The van der Waals surface area contributed by atoms with Gasteiger partial charge in [-0.15, -0.1) is 0 Å². The van der Waals surface area contributed by atoms with Gasteiger partial charge in [-0.25, -0.2) is 0 Å². The highest BCUT2D eigenvalue weighted by molar-refractivity contribution is 14.1. The van der Waals surface area contributed by atoms with Crippen LogP contribution in [0.2, 0.25) is 0 Å². The van der Waals surface area contributed by atoms with Crippen molar-refractivity contribution in [2.45, 2.75) is 20.3 Å². The quantitative estimate of drug-likeness (QED) is 0.361. The fourth-order valence-corrected chi connectivity index (χ4v) is 4.37. The number of phenolic OH excluding ortho intramolecular Hbond substituents is 1. The molecule has 0 unspecified atom stereocenters. The summed E-state index contributed by atoms with van der Waals surface area (Å²) in [5.41, 5.74) is 3.02. The summed E-state index contributed by atoms with van der Waals surface area (Å²) >= 11 is 4.08. The Morgan fingerprint density at radius 3 is 2.43 bits per heavy atom. The van der Waals surface area contributed by atoms with Crippen LogP contribution >= 0.6 is 45.2 Å². The Labute approximate surface area is 161 Å². The summed E-state index contributed by atoms with van der Waals surface area (Å²) in [5, 5.41) is 10.8. The van der Waals surface area contributed by atoms with Gasteiger partial charge in [-0.2, -0.15) is 0 Å². The molecule has 0 aliphatic carbocycles. The van der Waals surface area contributed by atoms with Gasteiger partial charge < -0.3 is 9.52 Å². The van der Waals surface area contributed by atoms with Gasteiger partial charge in [0, 0.05) is 17.4 Å². The zero-order valence-corrected chi connectivity index (χ0v) is 16.9. The molecule has 0 amide bonds. The SMILES string of the molecule is CCc1oc2ccc(C)cc2c1C(=O)c1cc(I)c(O)c(I)c1. The summed E-state index contributed by atoms with van der Waals surface area (Å²) in [6, 6.07) is 9.31. The van der Waals surface area contributed by atoms with E-state index in [4.69, 9.17) is 4.42 Å². The van der Waals surface area contributed by atoms with Gasteiger partial charge in [-0.05, 0) is 76.4 Å². The number of carbonyl (C=O) groups is 1. The second kappa shape index (κ2) is 6.43. The molecule has 1 aromatic heterocycles. The molecule has 0 spiro atoms. The van der Waals surface area contributed by atoms with Crippen LogP contribution in [0.5, 0.6) is 5.75 Å². The number of phenols is 1. The number of furan rings is 1. The third kappa shape index (κ3) is 3.00. The normalized spacial score (nSPS) is 11.1. The van der Waals surface area contributed by atoms with Crippen LogP contribution < -0.4 is 0 Å². The molecule has 1 heterocycles. The number of aromatic hydroxyl groups is 1. The Hall–Kier alpha value is -1.09. The molecule has 118 valence electrons. The average molecular weight is 532 g/mol. The maximum atomic E-state index is 13.1. The van der Waals surface area contributed by atoms with Crippen molar-refractivity contribution in [1.29, 1.82) is 0 Å². The predicted molar refractivity (Wildman–Crippen MR) is 107 cm³/mol. The van der Waals surface area contributed by atoms with E-state index in [0.29, 0.717) is 30.4 Å². The molecular weight excluding hydrogens is 518 g/mol. The van der Waals surface area contributed by atoms with Crippen LogP contribution in [0.3, 0.4) is 0 Å². The highest BCUT2D eigenvalue weighted by atomic mass is 127. The lowest BCUT2D eigenvalue weighted by atomic mass is 9.98. The topological polar surface area (TPSA) is 50.4 Å². The van der Waals surface area contributed by atoms with Gasteiger partial charge in [0.25, 0.3) is 0 Å². The summed E-state index contributed by atoms with van der Waals surface area (Å²) in [5.74, 6) is 0.849. The minimum Gasteiger partial charge on any atom is -0.506 e. The van der Waals surface area contributed by atoms with E-state index in [1.807, 2.05) is 77.2 Å². The minimum atomic E-state index is -0.0676. The van der Waals surface area contributed by atoms with Gasteiger partial charge in [-0.1, -0.05) is 18.6 Å². The van der Waals surface area contributed by atoms with Gasteiger partial charge in [0.15, 0.2) is 5.78 Å². The lowest BCUT2D eigenvalue weighted by molar-refractivity contribution is 0.103. The molecule has 23 heavy (non-hydrogen) atoms. The standard InChI is InChI=1S/C18H14I2O3/c1-3-14-16(11-6-9(2)4-5-15(11)23-14)17(21)10-7-12(19)18(22)13(20)8-10/h4-8,22H,3H2,1-2H3. The molecule has 0 saturated carbocycles. The molecule has 1 N–H and O–H groups in total. The minimum absolute atomic E-state index is 0.0676. The molecular formula is C18H14I2O3. The van der Waals surface area contributed by atoms with Crippen molar-refractivity contribution in [3.8, 4) is 5.75 Å². The number of benzene rings is 2. The molecule has 3 rings (SSSR count). The number of rotatable bonds is 3. The zero-order valence-electron chi connectivity index (χ0n) is 12.6. The predicted octanol–water partition coefficient (Wildman–Crippen LogP) is 5.45. The highest BCUT2D eigenvalue weighted by Gasteiger charge is 2.22. The van der Waals surface area contributed by atoms with E-state index in [0.717, 1.165) is 16.5 Å². The summed E-state index contributed by atoms with van der Waals surface area (Å²) in [6.45, 7) is 3.98. The first kappa shape index (κ1) is 16.8. The number of carbonyl (C=O) groups excluding carboxylic acids is 1. The summed E-state index contributed by atoms with van der Waals surface area (Å²) < 4.78 is 7.19. The molecule has 3 aromatic rings. The molecule has 0 aliphatic rings. The van der Waals surface area contributed by atoms with E-state index in [1.165, 1.54) is 0 Å². The zero-order chi connectivity index (χ0) is 16.7. The number of fused-ring (bicyclic) bond motifs is 1. The molecule has 0 saturated heterocycles. The maximum absolute atomic E-state index is 13.1. The number of hydrogen-bond acceptors (Lipinski definition) is 3. The van der Waals surface area contributed by atoms with Gasteiger partial charge in [0.1, 0.15) is 17.1 Å². The van der Waals surface area contributed by atoms with Crippen LogP contribution in [-0.4, -0.2) is 10.9 Å². The lowest BCUT2D eigenvalue weighted by Gasteiger charge is -2.06. The Balaban J connectivity index is 2.23. The molecule has 5 heteroatoms. The van der Waals surface area contributed by atoms with E-state index in [9.17, 15) is 9.90 Å². The molecule has 0 radical (unpaired) electrons. The molecule has 0 fully saturated rings. The fraction of sp³-hybridized carbons (Fsp3) is 0.167. The van der Waals surface area contributed by atoms with Crippen molar-refractivity contribution in [3.63, 3.8) is 0 Å². The summed E-state index contributed by atoms with van der Waals surface area (Å²) in [6.07, 6.45) is 0.654. The van der Waals surface area contributed by atoms with E-state index in [2.05, 4.69) is 0 Å². The third-order valence-corrected chi connectivity index (χ3v) is 5.39. The first-order chi connectivity index (χ1) is 10.9. The van der Waals surface area contributed by atoms with Crippen LogP contribution in [0.4, 0.5) is 0 Å². The Bertz CT molecular complexity index is 902. The molecule has 0 atom stereocenters. The van der Waals surface area contributed by atoms with Crippen LogP contribution in [-0.2, 0) is 6.42 Å². The van der Waals surface area contributed by atoms with E-state index >= 15 is 0 Å². The van der Waals surface area contributed by atoms with Crippen molar-refractivity contribution in [2.24, 2.45) is 0 Å². The maximum Gasteiger partial charge on any atom is 0.197 e. The van der Waals surface area contributed by atoms with Crippen molar-refractivity contribution >= 4 is 61.9 Å². The van der Waals surface area contributed by atoms with Crippen LogP contribution in [0, 0.1) is 14.1 Å². The van der Waals surface area contributed by atoms with Gasteiger partial charge in [0.2, 0.25) is 0 Å². The monoisotopic (exact) mass is 532 g/mol. The molecule has 0 bridgehead atoms. The number of hydrogen-bond donors (Lipinski definition) is 1. The summed E-state index contributed by atoms with van der Waals surface area (Å²) in [4.78, 5) is 13.1. The Morgan fingerprint density at radius 1 is 1.17 bits per heavy atom. The second-order valence-electron chi connectivity index (χ2n) is 5.37. The van der Waals surface area contributed by atoms with Crippen LogP contribution in [0.15, 0.2) is 34.7 Å². The van der Waals surface area contributed by atoms with Crippen LogP contribution in [0.1, 0.15) is 34.2 Å². The number of halogens is 2. The van der Waals surface area contributed by atoms with E-state index in [-0.39, 0.29) is 11.5 Å². The first-order valence-electron chi connectivity index (χ1n) is 7.17. The third-order valence-electron chi connectivity index (χ3n) is 3.74. The highest BCUT2D eigenvalue weighted by Crippen LogP contribution is 2.32. The van der Waals surface area contributed by atoms with Crippen molar-refractivity contribution in [3.05, 3.63) is 59.9 Å². The van der Waals surface area contributed by atoms with Gasteiger partial charge in [-0.3, -0.25) is 4.79 Å². The van der Waals surface area contributed by atoms with E-state index in [1.54, 1.807) is 12.1 Å². The van der Waals surface area contributed by atoms with Crippen molar-refractivity contribution in [1.82, 2.24) is 0 Å². The largest absolute Gasteiger partial charge is 0.506 e. The smallest absolute Gasteiger partial charge is 0.197 e. The second-order valence-corrected chi connectivity index (χ2v) is 7.70. The lowest BCUT2D eigenvalue weighted by Crippen LogP contribution is -2.04. The van der Waals surface area contributed by atoms with E-state index < -0.39 is 0 Å². The van der Waals surface area contributed by atoms with Crippen molar-refractivity contribution in [2.75, 3.05) is 0 Å². The van der Waals surface area contributed by atoms with Gasteiger partial charge >= 0.3 is 0 Å². The first-order valence-corrected chi connectivity index (χ1v) is 9.32. The molecule has 3 nitrogen and oxygen atoms in total. The van der Waals surface area contributed by atoms with Gasteiger partial charge in [0.05, 0.1) is 12.7 Å². The fourth-order valence-electron chi connectivity index (χ4n) is 2.60. The summed E-state index contributed by atoms with van der Waals surface area (Å²) in [7, 11) is 0. The number of ketones is 1. The average Bonchev–Trinajstić information content (AvgIpc) is 2.89. The Morgan fingerprint density at radius 2 is 1.83 bits per heavy atom. The van der Waals surface area contributed by atoms with Crippen LogP contribution in [0.25, 0.3) is 11.0 Å².